The van der Waals surface area contributed by atoms with Crippen LogP contribution in [0.2, 0.25) is 10.0 Å². The lowest BCUT2D eigenvalue weighted by Gasteiger charge is -2.40. The number of imidazole rings is 1. The third kappa shape index (κ3) is 4.76. The molecule has 2 atom stereocenters. The molecule has 0 spiro atoms. The highest BCUT2D eigenvalue weighted by Crippen LogP contribution is 2.34. The molecule has 2 saturated heterocycles. The van der Waals surface area contributed by atoms with Gasteiger partial charge in [0.1, 0.15) is 6.29 Å². The molecule has 2 fully saturated rings. The summed E-state index contributed by atoms with van der Waals surface area (Å²) in [5.41, 5.74) is 4.17. The van der Waals surface area contributed by atoms with Gasteiger partial charge < -0.3 is 19.6 Å². The molecule has 5 nitrogen and oxygen atoms in total. The van der Waals surface area contributed by atoms with Crippen LogP contribution in [-0.2, 0) is 4.79 Å². The van der Waals surface area contributed by atoms with Crippen LogP contribution in [-0.4, -0.2) is 52.5 Å². The molecule has 1 unspecified atom stereocenters. The lowest BCUT2D eigenvalue weighted by atomic mass is 9.86. The van der Waals surface area contributed by atoms with Gasteiger partial charge in [0.25, 0.3) is 0 Å². The first-order chi connectivity index (χ1) is 16.5. The summed E-state index contributed by atoms with van der Waals surface area (Å²) in [6, 6.07) is 12.4. The zero-order valence-corrected chi connectivity index (χ0v) is 21.2. The Balaban J connectivity index is 1.31. The first kappa shape index (κ1) is 23.8. The second-order valence-electron chi connectivity index (χ2n) is 9.95. The molecular formula is C27H32Cl2N4O. The number of hydrogen-bond donors (Lipinski definition) is 1. The summed E-state index contributed by atoms with van der Waals surface area (Å²) < 4.78 is 2.20. The number of aldehydes is 1. The van der Waals surface area contributed by atoms with Crippen LogP contribution in [0.3, 0.4) is 0 Å². The normalized spacial score (nSPS) is 23.3. The van der Waals surface area contributed by atoms with Gasteiger partial charge in [-0.3, -0.25) is 0 Å². The fourth-order valence-corrected chi connectivity index (χ4v) is 6.25. The van der Waals surface area contributed by atoms with Gasteiger partial charge in [-0.05, 0) is 100.0 Å². The number of nitrogens with zero attached hydrogens (tertiary/aromatic N) is 3. The zero-order valence-electron chi connectivity index (χ0n) is 19.6. The van der Waals surface area contributed by atoms with Crippen molar-refractivity contribution in [3.8, 4) is 0 Å². The summed E-state index contributed by atoms with van der Waals surface area (Å²) in [7, 11) is 0. The number of carbonyl (C=O) groups excluding carboxylic acids is 1. The monoisotopic (exact) mass is 498 g/mol. The minimum absolute atomic E-state index is 0.0504. The van der Waals surface area contributed by atoms with E-state index >= 15 is 0 Å². The third-order valence-electron chi connectivity index (χ3n) is 7.75. The molecule has 0 aliphatic carbocycles. The van der Waals surface area contributed by atoms with E-state index in [-0.39, 0.29) is 11.6 Å². The number of rotatable bonds is 6. The fraction of sp³-hybridized carbons (Fsp3) is 0.481. The standard InChI is InChI=1S/C27H32Cl2N4O/c1-19(23-6-5-22(28)15-24(23)29)33-18-30-25-7-4-21(14-26(25)33)20-8-12-32(13-9-20)16-27(17-34)10-2-3-11-31-27/h4-7,14-15,17-20,31H,2-3,8-13,16H2,1H3/t19-,27?/m1/s1. The number of fused-ring (bicyclic) bond motifs is 1. The second kappa shape index (κ2) is 9.98. The van der Waals surface area contributed by atoms with Crippen molar-refractivity contribution in [1.82, 2.24) is 19.8 Å². The van der Waals surface area contributed by atoms with Crippen LogP contribution in [0.4, 0.5) is 0 Å². The summed E-state index contributed by atoms with van der Waals surface area (Å²) >= 11 is 12.6. The van der Waals surface area contributed by atoms with E-state index in [4.69, 9.17) is 23.2 Å². The van der Waals surface area contributed by atoms with Gasteiger partial charge >= 0.3 is 0 Å². The maximum Gasteiger partial charge on any atom is 0.141 e. The van der Waals surface area contributed by atoms with E-state index in [1.807, 2.05) is 18.5 Å². The van der Waals surface area contributed by atoms with Crippen LogP contribution >= 0.6 is 23.2 Å². The number of hydrogen-bond acceptors (Lipinski definition) is 4. The van der Waals surface area contributed by atoms with Crippen molar-refractivity contribution in [3.63, 3.8) is 0 Å². The van der Waals surface area contributed by atoms with Gasteiger partial charge in [-0.15, -0.1) is 0 Å². The summed E-state index contributed by atoms with van der Waals surface area (Å²) in [5, 5.41) is 4.80. The van der Waals surface area contributed by atoms with Crippen molar-refractivity contribution in [2.24, 2.45) is 0 Å². The molecule has 2 aliphatic heterocycles. The number of nitrogens with one attached hydrogen (secondary N) is 1. The van der Waals surface area contributed by atoms with E-state index in [1.54, 1.807) is 6.07 Å². The summed E-state index contributed by atoms with van der Waals surface area (Å²) in [6.45, 7) is 5.96. The van der Waals surface area contributed by atoms with Crippen molar-refractivity contribution in [2.45, 2.75) is 56.5 Å². The molecule has 0 amide bonds. The molecule has 1 N–H and O–H groups in total. The Kier molecular flexibility index (Phi) is 6.99. The van der Waals surface area contributed by atoms with E-state index in [9.17, 15) is 4.79 Å². The van der Waals surface area contributed by atoms with Crippen LogP contribution in [0.5, 0.6) is 0 Å². The highest BCUT2D eigenvalue weighted by Gasteiger charge is 2.34. The van der Waals surface area contributed by atoms with Gasteiger partial charge in [0.15, 0.2) is 0 Å². The summed E-state index contributed by atoms with van der Waals surface area (Å²) in [6.07, 6.45) is 8.52. The Labute approximate surface area is 211 Å². The van der Waals surface area contributed by atoms with Crippen molar-refractivity contribution in [3.05, 3.63) is 63.9 Å². The summed E-state index contributed by atoms with van der Waals surface area (Å²) in [5.74, 6) is 0.518. The maximum absolute atomic E-state index is 11.9. The average molecular weight is 499 g/mol. The van der Waals surface area contributed by atoms with Crippen LogP contribution in [0.15, 0.2) is 42.7 Å². The molecule has 3 heterocycles. The molecular weight excluding hydrogens is 467 g/mol. The molecule has 0 radical (unpaired) electrons. The minimum atomic E-state index is -0.352. The fourth-order valence-electron chi connectivity index (χ4n) is 5.68. The van der Waals surface area contributed by atoms with Crippen molar-refractivity contribution in [1.29, 1.82) is 0 Å². The Hall–Kier alpha value is -1.92. The Morgan fingerprint density at radius 1 is 1.18 bits per heavy atom. The van der Waals surface area contributed by atoms with Crippen LogP contribution in [0, 0.1) is 0 Å². The lowest BCUT2D eigenvalue weighted by molar-refractivity contribution is -0.115. The highest BCUT2D eigenvalue weighted by molar-refractivity contribution is 6.35. The molecule has 2 aliphatic rings. The Morgan fingerprint density at radius 2 is 2.00 bits per heavy atom. The number of aromatic nitrogens is 2. The number of benzene rings is 2. The molecule has 2 aromatic carbocycles. The van der Waals surface area contributed by atoms with Crippen molar-refractivity contribution < 1.29 is 4.79 Å². The van der Waals surface area contributed by atoms with E-state index < -0.39 is 0 Å². The van der Waals surface area contributed by atoms with Crippen LogP contribution in [0.25, 0.3) is 11.0 Å². The Morgan fingerprint density at radius 3 is 2.71 bits per heavy atom. The Bertz CT molecular complexity index is 1160. The first-order valence-electron chi connectivity index (χ1n) is 12.3. The first-order valence-corrected chi connectivity index (χ1v) is 13.1. The molecule has 0 saturated carbocycles. The molecule has 5 rings (SSSR count). The van der Waals surface area contributed by atoms with E-state index in [0.29, 0.717) is 16.0 Å². The predicted molar refractivity (Wildman–Crippen MR) is 139 cm³/mol. The number of piperidine rings is 2. The topological polar surface area (TPSA) is 50.2 Å². The second-order valence-corrected chi connectivity index (χ2v) is 10.8. The average Bonchev–Trinajstić information content (AvgIpc) is 3.28. The van der Waals surface area contributed by atoms with Gasteiger partial charge in [-0.25, -0.2) is 4.98 Å². The highest BCUT2D eigenvalue weighted by atomic mass is 35.5. The molecule has 0 bridgehead atoms. The molecule has 3 aromatic rings. The predicted octanol–water partition coefficient (Wildman–Crippen LogP) is 5.84. The van der Waals surface area contributed by atoms with Gasteiger partial charge in [0, 0.05) is 16.6 Å². The number of carbonyl (C=O) groups is 1. The van der Waals surface area contributed by atoms with Gasteiger partial charge in [-0.2, -0.15) is 0 Å². The largest absolute Gasteiger partial charge is 0.323 e. The van der Waals surface area contributed by atoms with Gasteiger partial charge in [0.05, 0.1) is 28.9 Å². The van der Waals surface area contributed by atoms with Crippen LogP contribution in [0.1, 0.15) is 62.1 Å². The number of likely N-dealkylation sites (tertiary alicyclic amines) is 1. The van der Waals surface area contributed by atoms with Gasteiger partial charge in [-0.1, -0.05) is 35.3 Å². The van der Waals surface area contributed by atoms with Crippen molar-refractivity contribution in [2.75, 3.05) is 26.2 Å². The van der Waals surface area contributed by atoms with Gasteiger partial charge in [0.2, 0.25) is 0 Å². The molecule has 7 heteroatoms. The summed E-state index contributed by atoms with van der Waals surface area (Å²) in [4.78, 5) is 19.0. The zero-order chi connectivity index (χ0) is 23.7. The van der Waals surface area contributed by atoms with E-state index in [2.05, 4.69) is 44.9 Å². The third-order valence-corrected chi connectivity index (χ3v) is 8.31. The van der Waals surface area contributed by atoms with E-state index in [0.717, 1.165) is 74.7 Å². The number of halogens is 2. The maximum atomic E-state index is 11.9. The molecule has 180 valence electrons. The SMILES string of the molecule is C[C@H](c1ccc(Cl)cc1Cl)n1cnc2ccc(C3CCN(CC4(C=O)CCCCN4)CC3)cc21. The molecule has 34 heavy (non-hydrogen) atoms. The molecule has 1 aromatic heterocycles. The van der Waals surface area contributed by atoms with Crippen LogP contribution < -0.4 is 5.32 Å². The smallest absolute Gasteiger partial charge is 0.141 e. The lowest BCUT2D eigenvalue weighted by Crippen LogP contribution is -2.57. The minimum Gasteiger partial charge on any atom is -0.323 e. The van der Waals surface area contributed by atoms with E-state index in [1.165, 1.54) is 12.0 Å². The quantitative estimate of drug-likeness (QED) is 0.433. The van der Waals surface area contributed by atoms with Crippen molar-refractivity contribution >= 4 is 40.5 Å².